The zero-order chi connectivity index (χ0) is 10.8. The molecule has 1 fully saturated rings. The van der Waals surface area contributed by atoms with Crippen molar-refractivity contribution in [3.8, 4) is 0 Å². The number of carbonyl (C=O) groups excluding carboxylic acids is 2. The van der Waals surface area contributed by atoms with Crippen LogP contribution in [0.25, 0.3) is 0 Å². The van der Waals surface area contributed by atoms with Gasteiger partial charge in [-0.15, -0.1) is 0 Å². The second-order valence-corrected chi connectivity index (χ2v) is 3.71. The molecular weight excluding hydrogens is 262 g/mol. The molecule has 15 heavy (non-hydrogen) atoms. The lowest BCUT2D eigenvalue weighted by molar-refractivity contribution is -0.123. The molecule has 0 spiro atoms. The number of hydrogen-bond acceptors (Lipinski definition) is 3. The number of amides is 2. The SMILES string of the molecule is O=C1NC(=O)C(c2cccc(CBr)c2)O1. The highest BCUT2D eigenvalue weighted by atomic mass is 79.9. The first-order chi connectivity index (χ1) is 7.20. The number of alkyl halides is 1. The minimum Gasteiger partial charge on any atom is -0.431 e. The Bertz CT molecular complexity index is 419. The van der Waals surface area contributed by atoms with Crippen molar-refractivity contribution in [3.05, 3.63) is 35.4 Å². The average molecular weight is 270 g/mol. The zero-order valence-electron chi connectivity index (χ0n) is 7.70. The van der Waals surface area contributed by atoms with Gasteiger partial charge in [0.05, 0.1) is 0 Å². The van der Waals surface area contributed by atoms with Crippen molar-refractivity contribution in [2.45, 2.75) is 11.4 Å². The molecule has 78 valence electrons. The lowest BCUT2D eigenvalue weighted by Crippen LogP contribution is -2.20. The van der Waals surface area contributed by atoms with Crippen molar-refractivity contribution in [2.24, 2.45) is 0 Å². The van der Waals surface area contributed by atoms with E-state index in [0.29, 0.717) is 10.9 Å². The number of ether oxygens (including phenoxy) is 1. The van der Waals surface area contributed by atoms with Crippen LogP contribution in [0.15, 0.2) is 24.3 Å². The molecule has 2 amide bonds. The third-order valence-corrected chi connectivity index (χ3v) is 2.74. The molecule has 4 nitrogen and oxygen atoms in total. The van der Waals surface area contributed by atoms with E-state index in [0.717, 1.165) is 5.56 Å². The molecule has 0 aliphatic carbocycles. The van der Waals surface area contributed by atoms with E-state index >= 15 is 0 Å². The van der Waals surface area contributed by atoms with Crippen LogP contribution in [0.1, 0.15) is 17.2 Å². The first-order valence-electron chi connectivity index (χ1n) is 4.37. The topological polar surface area (TPSA) is 55.4 Å². The average Bonchev–Trinajstić information content (AvgIpc) is 2.58. The van der Waals surface area contributed by atoms with E-state index in [2.05, 4.69) is 21.2 Å². The summed E-state index contributed by atoms with van der Waals surface area (Å²) >= 11 is 3.32. The van der Waals surface area contributed by atoms with Crippen LogP contribution in [0.4, 0.5) is 4.79 Å². The highest BCUT2D eigenvalue weighted by molar-refractivity contribution is 9.08. The Morgan fingerprint density at radius 2 is 2.20 bits per heavy atom. The summed E-state index contributed by atoms with van der Waals surface area (Å²) in [4.78, 5) is 22.1. The Labute approximate surface area is 94.7 Å². The molecule has 1 atom stereocenters. The molecule has 1 aromatic carbocycles. The van der Waals surface area contributed by atoms with Crippen LogP contribution in [-0.2, 0) is 14.9 Å². The second kappa shape index (κ2) is 4.02. The molecule has 1 aromatic rings. The molecule has 0 bridgehead atoms. The number of benzene rings is 1. The molecule has 1 aliphatic rings. The number of alkyl carbamates (subject to hydrolysis) is 1. The highest BCUT2D eigenvalue weighted by Crippen LogP contribution is 2.23. The predicted molar refractivity (Wildman–Crippen MR) is 56.4 cm³/mol. The molecule has 1 heterocycles. The van der Waals surface area contributed by atoms with Gasteiger partial charge < -0.3 is 4.74 Å². The Morgan fingerprint density at radius 1 is 1.40 bits per heavy atom. The van der Waals surface area contributed by atoms with Gasteiger partial charge in [-0.2, -0.15) is 0 Å². The molecular formula is C10H8BrNO3. The van der Waals surface area contributed by atoms with Crippen LogP contribution < -0.4 is 5.32 Å². The normalized spacial score (nSPS) is 19.9. The molecule has 2 rings (SSSR count). The number of halogens is 1. The third kappa shape index (κ3) is 2.02. The molecule has 1 unspecified atom stereocenters. The Kier molecular flexibility index (Phi) is 2.73. The number of hydrogen-bond donors (Lipinski definition) is 1. The maximum Gasteiger partial charge on any atom is 0.415 e. The van der Waals surface area contributed by atoms with E-state index in [-0.39, 0.29) is 0 Å². The summed E-state index contributed by atoms with van der Waals surface area (Å²) in [6.07, 6.45) is -1.49. The molecule has 0 saturated carbocycles. The minimum absolute atomic E-state index is 0.410. The first kappa shape index (κ1) is 10.2. The molecule has 1 saturated heterocycles. The van der Waals surface area contributed by atoms with E-state index in [9.17, 15) is 9.59 Å². The highest BCUT2D eigenvalue weighted by Gasteiger charge is 2.33. The fourth-order valence-corrected chi connectivity index (χ4v) is 1.76. The number of carbonyl (C=O) groups is 2. The lowest BCUT2D eigenvalue weighted by Gasteiger charge is -2.07. The molecule has 1 N–H and O–H groups in total. The van der Waals surface area contributed by atoms with Gasteiger partial charge >= 0.3 is 6.09 Å². The molecule has 0 aromatic heterocycles. The summed E-state index contributed by atoms with van der Waals surface area (Å²) in [6.45, 7) is 0. The number of rotatable bonds is 2. The lowest BCUT2D eigenvalue weighted by atomic mass is 10.1. The van der Waals surface area contributed by atoms with E-state index in [4.69, 9.17) is 4.74 Å². The Balaban J connectivity index is 2.29. The zero-order valence-corrected chi connectivity index (χ0v) is 9.28. The molecule has 5 heteroatoms. The van der Waals surface area contributed by atoms with Crippen LogP contribution in [-0.4, -0.2) is 12.0 Å². The van der Waals surface area contributed by atoms with Gasteiger partial charge in [-0.25, -0.2) is 4.79 Å². The molecule has 0 radical (unpaired) electrons. The maximum atomic E-state index is 11.3. The van der Waals surface area contributed by atoms with E-state index < -0.39 is 18.1 Å². The summed E-state index contributed by atoms with van der Waals surface area (Å²) in [6, 6.07) is 7.34. The summed E-state index contributed by atoms with van der Waals surface area (Å²) in [5.41, 5.74) is 1.72. The summed E-state index contributed by atoms with van der Waals surface area (Å²) in [5, 5.41) is 2.79. The van der Waals surface area contributed by atoms with Crippen LogP contribution in [0.3, 0.4) is 0 Å². The van der Waals surface area contributed by atoms with Crippen molar-refractivity contribution >= 4 is 27.9 Å². The largest absolute Gasteiger partial charge is 0.431 e. The maximum absolute atomic E-state index is 11.3. The van der Waals surface area contributed by atoms with Crippen molar-refractivity contribution < 1.29 is 14.3 Å². The van der Waals surface area contributed by atoms with E-state index in [1.165, 1.54) is 0 Å². The van der Waals surface area contributed by atoms with Crippen LogP contribution in [0, 0.1) is 0 Å². The standard InChI is InChI=1S/C10H8BrNO3/c11-5-6-2-1-3-7(4-6)8-9(13)12-10(14)15-8/h1-4,8H,5H2,(H,12,13,14). The van der Waals surface area contributed by atoms with Gasteiger partial charge in [0.15, 0.2) is 0 Å². The van der Waals surface area contributed by atoms with Gasteiger partial charge in [0.1, 0.15) is 0 Å². The van der Waals surface area contributed by atoms with Gasteiger partial charge in [0.2, 0.25) is 6.10 Å². The van der Waals surface area contributed by atoms with Gasteiger partial charge in [0.25, 0.3) is 5.91 Å². The van der Waals surface area contributed by atoms with Crippen LogP contribution >= 0.6 is 15.9 Å². The summed E-state index contributed by atoms with van der Waals surface area (Å²) in [5.74, 6) is -0.410. The van der Waals surface area contributed by atoms with Crippen molar-refractivity contribution in [1.82, 2.24) is 5.32 Å². The summed E-state index contributed by atoms with van der Waals surface area (Å²) < 4.78 is 4.84. The van der Waals surface area contributed by atoms with Crippen molar-refractivity contribution in [2.75, 3.05) is 0 Å². The van der Waals surface area contributed by atoms with Crippen LogP contribution in [0.2, 0.25) is 0 Å². The van der Waals surface area contributed by atoms with Gasteiger partial charge in [-0.3, -0.25) is 10.1 Å². The third-order valence-electron chi connectivity index (χ3n) is 2.10. The number of cyclic esters (lactones) is 1. The number of nitrogens with one attached hydrogen (secondary N) is 1. The van der Waals surface area contributed by atoms with Gasteiger partial charge in [-0.1, -0.05) is 40.2 Å². The fraction of sp³-hybridized carbons (Fsp3) is 0.200. The van der Waals surface area contributed by atoms with E-state index in [1.54, 1.807) is 6.07 Å². The van der Waals surface area contributed by atoms with Crippen LogP contribution in [0.5, 0.6) is 0 Å². The molecule has 1 aliphatic heterocycles. The van der Waals surface area contributed by atoms with Gasteiger partial charge in [-0.05, 0) is 5.56 Å². The monoisotopic (exact) mass is 269 g/mol. The smallest absolute Gasteiger partial charge is 0.415 e. The predicted octanol–water partition coefficient (Wildman–Crippen LogP) is 1.89. The minimum atomic E-state index is -0.809. The first-order valence-corrected chi connectivity index (χ1v) is 5.49. The van der Waals surface area contributed by atoms with Crippen molar-refractivity contribution in [3.63, 3.8) is 0 Å². The number of imide groups is 1. The Hall–Kier alpha value is -1.36. The fourth-order valence-electron chi connectivity index (χ4n) is 1.41. The quantitative estimate of drug-likeness (QED) is 0.835. The summed E-state index contributed by atoms with van der Waals surface area (Å²) in [7, 11) is 0. The van der Waals surface area contributed by atoms with E-state index in [1.807, 2.05) is 18.2 Å². The van der Waals surface area contributed by atoms with Crippen molar-refractivity contribution in [1.29, 1.82) is 0 Å². The second-order valence-electron chi connectivity index (χ2n) is 3.15. The van der Waals surface area contributed by atoms with Gasteiger partial charge in [0, 0.05) is 10.9 Å². The Morgan fingerprint density at radius 3 is 2.80 bits per heavy atom.